The zero-order valence-electron chi connectivity index (χ0n) is 7.23. The monoisotopic (exact) mass is 263 g/mol. The number of nitrogens with zero attached hydrogens (tertiary/aromatic N) is 5. The minimum Gasteiger partial charge on any atom is -0.205 e. The fourth-order valence-corrected chi connectivity index (χ4v) is 1.55. The molecule has 0 N–H and O–H groups in total. The molecule has 0 aromatic carbocycles. The van der Waals surface area contributed by atoms with Crippen LogP contribution in [0.4, 0.5) is 0 Å². The molecule has 0 spiro atoms. The molecule has 0 saturated heterocycles. The number of halogens is 3. The summed E-state index contributed by atoms with van der Waals surface area (Å²) in [5, 5.41) is 3.59. The summed E-state index contributed by atoms with van der Waals surface area (Å²) < 4.78 is 0. The molecule has 8 heteroatoms. The van der Waals surface area contributed by atoms with E-state index in [4.69, 9.17) is 40.3 Å². The Kier molecular flexibility index (Phi) is 4.65. The van der Waals surface area contributed by atoms with Gasteiger partial charge in [-0.25, -0.2) is 9.97 Å². The maximum atomic E-state index is 8.04. The smallest absolute Gasteiger partial charge is 0.205 e. The Hall–Kier alpha value is -1.00. The number of hydrogen-bond acceptors (Lipinski definition) is 3. The van der Waals surface area contributed by atoms with E-state index in [1.165, 1.54) is 0 Å². The van der Waals surface area contributed by atoms with E-state index < -0.39 is 0 Å². The molecule has 0 amide bonds. The second kappa shape index (κ2) is 5.78. The van der Waals surface area contributed by atoms with Gasteiger partial charge >= 0.3 is 0 Å². The van der Waals surface area contributed by atoms with E-state index in [1.807, 2.05) is 0 Å². The predicted octanol–water partition coefficient (Wildman–Crippen LogP) is 3.76. The third kappa shape index (κ3) is 3.57. The largest absolute Gasteiger partial charge is 0.225 e. The maximum absolute atomic E-state index is 8.04. The molecule has 0 aliphatic carbocycles. The van der Waals surface area contributed by atoms with Gasteiger partial charge < -0.3 is 0 Å². The highest BCUT2D eigenvalue weighted by Crippen LogP contribution is 2.23. The zero-order valence-corrected chi connectivity index (χ0v) is 9.50. The van der Waals surface area contributed by atoms with Gasteiger partial charge in [0.1, 0.15) is 10.3 Å². The van der Waals surface area contributed by atoms with Gasteiger partial charge in [-0.05, 0) is 17.1 Å². The summed E-state index contributed by atoms with van der Waals surface area (Å²) in [6, 6.07) is 0. The summed E-state index contributed by atoms with van der Waals surface area (Å²) in [4.78, 5) is 10.0. The standard InChI is InChI=1S/C7H4Cl3N5/c8-5-4(2-1-3-12-15-11)6(9)14-7(10)13-5/h1-2H,3H2. The number of rotatable bonds is 3. The molecule has 15 heavy (non-hydrogen) atoms. The fourth-order valence-electron chi connectivity index (χ4n) is 0.784. The Morgan fingerprint density at radius 3 is 2.40 bits per heavy atom. The van der Waals surface area contributed by atoms with E-state index in [9.17, 15) is 0 Å². The maximum Gasteiger partial charge on any atom is 0.225 e. The third-order valence-electron chi connectivity index (χ3n) is 1.36. The van der Waals surface area contributed by atoms with Crippen molar-refractivity contribution in [2.24, 2.45) is 5.11 Å². The average Bonchev–Trinajstić information content (AvgIpc) is 2.15. The third-order valence-corrected chi connectivity index (χ3v) is 2.11. The van der Waals surface area contributed by atoms with E-state index in [0.29, 0.717) is 5.56 Å². The number of hydrogen-bond donors (Lipinski definition) is 0. The Morgan fingerprint density at radius 1 is 1.27 bits per heavy atom. The van der Waals surface area contributed by atoms with Crippen molar-refractivity contribution in [2.75, 3.05) is 6.54 Å². The Balaban J connectivity index is 2.94. The van der Waals surface area contributed by atoms with Crippen LogP contribution < -0.4 is 0 Å². The van der Waals surface area contributed by atoms with Crippen molar-refractivity contribution in [3.8, 4) is 0 Å². The molecule has 0 saturated carbocycles. The van der Waals surface area contributed by atoms with Crippen molar-refractivity contribution < 1.29 is 0 Å². The summed E-state index contributed by atoms with van der Waals surface area (Å²) in [5.74, 6) is 0. The van der Waals surface area contributed by atoms with Crippen LogP contribution in [0.3, 0.4) is 0 Å². The molecule has 1 heterocycles. The second-order valence-corrected chi connectivity index (χ2v) is 3.36. The van der Waals surface area contributed by atoms with Crippen molar-refractivity contribution in [1.82, 2.24) is 9.97 Å². The lowest BCUT2D eigenvalue weighted by molar-refractivity contribution is 1.16. The molecule has 0 fully saturated rings. The van der Waals surface area contributed by atoms with Crippen molar-refractivity contribution in [3.05, 3.63) is 37.7 Å². The number of aromatic nitrogens is 2. The molecule has 1 aromatic heterocycles. The van der Waals surface area contributed by atoms with Crippen LogP contribution >= 0.6 is 34.8 Å². The van der Waals surface area contributed by atoms with Crippen LogP contribution in [0.2, 0.25) is 15.6 Å². The van der Waals surface area contributed by atoms with Crippen molar-refractivity contribution >= 4 is 40.9 Å². The van der Waals surface area contributed by atoms with E-state index in [-0.39, 0.29) is 22.1 Å². The van der Waals surface area contributed by atoms with Crippen molar-refractivity contribution in [1.29, 1.82) is 0 Å². The molecular weight excluding hydrogens is 260 g/mol. The Morgan fingerprint density at radius 2 is 1.87 bits per heavy atom. The van der Waals surface area contributed by atoms with Crippen molar-refractivity contribution in [3.63, 3.8) is 0 Å². The van der Waals surface area contributed by atoms with Crippen LogP contribution in [-0.2, 0) is 0 Å². The predicted molar refractivity (Wildman–Crippen MR) is 60.1 cm³/mol. The van der Waals surface area contributed by atoms with Gasteiger partial charge in [0.05, 0.1) is 0 Å². The number of azide groups is 1. The van der Waals surface area contributed by atoms with Crippen LogP contribution in [-0.4, -0.2) is 16.5 Å². The first-order chi connectivity index (χ1) is 7.15. The lowest BCUT2D eigenvalue weighted by atomic mass is 10.3. The zero-order chi connectivity index (χ0) is 11.3. The summed E-state index contributed by atoms with van der Waals surface area (Å²) >= 11 is 17.1. The van der Waals surface area contributed by atoms with E-state index >= 15 is 0 Å². The van der Waals surface area contributed by atoms with Gasteiger partial charge in [0.2, 0.25) is 5.28 Å². The summed E-state index contributed by atoms with van der Waals surface area (Å²) in [6.07, 6.45) is 3.15. The molecule has 1 rings (SSSR count). The molecule has 1 aromatic rings. The van der Waals surface area contributed by atoms with Crippen LogP contribution in [0.1, 0.15) is 5.56 Å². The Labute approximate surface area is 100 Å². The highest BCUT2D eigenvalue weighted by molar-refractivity contribution is 6.37. The van der Waals surface area contributed by atoms with Crippen LogP contribution in [0.25, 0.3) is 16.5 Å². The first kappa shape index (κ1) is 12.1. The molecule has 0 aliphatic heterocycles. The molecule has 0 atom stereocenters. The molecule has 78 valence electrons. The first-order valence-corrected chi connectivity index (χ1v) is 4.84. The van der Waals surface area contributed by atoms with Gasteiger partial charge in [-0.2, -0.15) is 0 Å². The molecule has 0 aliphatic rings. The van der Waals surface area contributed by atoms with Gasteiger partial charge in [0, 0.05) is 17.0 Å². The van der Waals surface area contributed by atoms with Gasteiger partial charge in [0.25, 0.3) is 0 Å². The topological polar surface area (TPSA) is 74.5 Å². The van der Waals surface area contributed by atoms with Gasteiger partial charge in [-0.1, -0.05) is 40.5 Å². The van der Waals surface area contributed by atoms with Crippen LogP contribution in [0.5, 0.6) is 0 Å². The normalized spacial score (nSPS) is 10.3. The van der Waals surface area contributed by atoms with Crippen molar-refractivity contribution in [2.45, 2.75) is 0 Å². The fraction of sp³-hybridized carbons (Fsp3) is 0.143. The summed E-state index contributed by atoms with van der Waals surface area (Å²) in [7, 11) is 0. The van der Waals surface area contributed by atoms with Gasteiger partial charge in [0.15, 0.2) is 0 Å². The highest BCUT2D eigenvalue weighted by atomic mass is 35.5. The average molecular weight is 265 g/mol. The van der Waals surface area contributed by atoms with Gasteiger partial charge in [-0.15, -0.1) is 0 Å². The molecule has 5 nitrogen and oxygen atoms in total. The van der Waals surface area contributed by atoms with Crippen LogP contribution in [0.15, 0.2) is 11.2 Å². The SMILES string of the molecule is [N-]=[N+]=NCC=Cc1c(Cl)nc(Cl)nc1Cl. The quantitative estimate of drug-likeness (QED) is 0.274. The summed E-state index contributed by atoms with van der Waals surface area (Å²) in [6.45, 7) is 0.200. The summed E-state index contributed by atoms with van der Waals surface area (Å²) in [5.41, 5.74) is 8.48. The van der Waals surface area contributed by atoms with E-state index in [2.05, 4.69) is 20.0 Å². The minimum atomic E-state index is -0.0165. The molecule has 0 bridgehead atoms. The van der Waals surface area contributed by atoms with Gasteiger partial charge in [-0.3, -0.25) is 0 Å². The highest BCUT2D eigenvalue weighted by Gasteiger charge is 2.07. The molecular formula is C7H4Cl3N5. The molecule has 0 unspecified atom stereocenters. The first-order valence-electron chi connectivity index (χ1n) is 3.71. The lowest BCUT2D eigenvalue weighted by Gasteiger charge is -1.99. The second-order valence-electron chi connectivity index (χ2n) is 2.30. The minimum absolute atomic E-state index is 0.0165. The molecule has 0 radical (unpaired) electrons. The van der Waals surface area contributed by atoms with E-state index in [1.54, 1.807) is 12.2 Å². The van der Waals surface area contributed by atoms with E-state index in [0.717, 1.165) is 0 Å². The lowest BCUT2D eigenvalue weighted by Crippen LogP contribution is -1.89. The Bertz CT molecular complexity index is 415. The van der Waals surface area contributed by atoms with Crippen LogP contribution in [0, 0.1) is 0 Å².